The zero-order valence-corrected chi connectivity index (χ0v) is 26.2. The number of benzene rings is 6. The number of aryl methyl sites for hydroxylation is 4. The van der Waals surface area contributed by atoms with E-state index in [9.17, 15) is 0 Å². The molecule has 2 heteroatoms. The smallest absolute Gasteiger partial charge is 0.0462 e. The molecule has 0 spiro atoms. The first-order valence-electron chi connectivity index (χ1n) is 15.6. The molecule has 0 radical (unpaired) electrons. The van der Waals surface area contributed by atoms with E-state index in [-0.39, 0.29) is 0 Å². The van der Waals surface area contributed by atoms with E-state index in [0.29, 0.717) is 0 Å². The number of anilines is 6. The number of nitrogens with zero attached hydrogens (tertiary/aromatic N) is 2. The van der Waals surface area contributed by atoms with Crippen molar-refractivity contribution in [2.45, 2.75) is 40.5 Å². The third-order valence-electron chi connectivity index (χ3n) is 8.37. The average Bonchev–Trinajstić information content (AvgIpc) is 3.08. The Labute approximate surface area is 262 Å². The molecular weight excluding hydrogens is 532 g/mol. The van der Waals surface area contributed by atoms with Gasteiger partial charge in [0.05, 0.1) is 0 Å². The predicted molar refractivity (Wildman–Crippen MR) is 189 cm³/mol. The van der Waals surface area contributed by atoms with Gasteiger partial charge in [0.15, 0.2) is 0 Å². The molecule has 0 aliphatic carbocycles. The van der Waals surface area contributed by atoms with Crippen molar-refractivity contribution in [3.05, 3.63) is 168 Å². The van der Waals surface area contributed by atoms with E-state index in [1.54, 1.807) is 0 Å². The second kappa shape index (κ2) is 13.1. The Morgan fingerprint density at radius 1 is 0.318 bits per heavy atom. The molecule has 0 fully saturated rings. The van der Waals surface area contributed by atoms with Crippen LogP contribution in [0.4, 0.5) is 34.1 Å². The van der Waals surface area contributed by atoms with Gasteiger partial charge in [-0.25, -0.2) is 0 Å². The highest BCUT2D eigenvalue weighted by molar-refractivity contribution is 5.80. The van der Waals surface area contributed by atoms with Gasteiger partial charge in [0.1, 0.15) is 0 Å². The summed E-state index contributed by atoms with van der Waals surface area (Å²) >= 11 is 0. The molecule has 0 atom stereocenters. The zero-order chi connectivity index (χ0) is 30.5. The van der Waals surface area contributed by atoms with Gasteiger partial charge in [-0.2, -0.15) is 0 Å². The van der Waals surface area contributed by atoms with Crippen LogP contribution in [0.1, 0.15) is 36.1 Å². The summed E-state index contributed by atoms with van der Waals surface area (Å²) in [5.41, 5.74) is 14.5. The van der Waals surface area contributed by atoms with E-state index in [0.717, 1.165) is 47.0 Å². The highest BCUT2D eigenvalue weighted by Gasteiger charge is 2.15. The fourth-order valence-corrected chi connectivity index (χ4v) is 5.65. The Morgan fingerprint density at radius 3 is 0.795 bits per heavy atom. The molecule has 0 amide bonds. The highest BCUT2D eigenvalue weighted by Crippen LogP contribution is 2.38. The molecule has 2 nitrogen and oxygen atoms in total. The lowest BCUT2D eigenvalue weighted by molar-refractivity contribution is 1.13. The van der Waals surface area contributed by atoms with Gasteiger partial charge < -0.3 is 9.80 Å². The second-order valence-corrected chi connectivity index (χ2v) is 11.5. The number of rotatable bonds is 9. The van der Waals surface area contributed by atoms with Gasteiger partial charge in [-0.15, -0.1) is 0 Å². The van der Waals surface area contributed by atoms with Gasteiger partial charge in [-0.1, -0.05) is 97.8 Å². The maximum atomic E-state index is 2.34. The molecule has 0 aliphatic heterocycles. The lowest BCUT2D eigenvalue weighted by atomic mass is 10.0. The first-order chi connectivity index (χ1) is 21.5. The molecule has 0 aromatic heterocycles. The SMILES string of the molecule is CCc1ccc(N(c2ccc(CC)cc2)c2ccc(-c3ccc(N(c4ccc(C)cc4)c4ccc(C)cc4)cc3)cc2)cc1. The van der Waals surface area contributed by atoms with Gasteiger partial charge in [-0.3, -0.25) is 0 Å². The van der Waals surface area contributed by atoms with Crippen molar-refractivity contribution in [2.24, 2.45) is 0 Å². The van der Waals surface area contributed by atoms with Crippen molar-refractivity contribution in [3.63, 3.8) is 0 Å². The third kappa shape index (κ3) is 6.31. The minimum Gasteiger partial charge on any atom is -0.311 e. The average molecular weight is 573 g/mol. The van der Waals surface area contributed by atoms with Gasteiger partial charge in [0.25, 0.3) is 0 Å². The van der Waals surface area contributed by atoms with Crippen LogP contribution in [0.15, 0.2) is 146 Å². The van der Waals surface area contributed by atoms with E-state index < -0.39 is 0 Å². The van der Waals surface area contributed by atoms with E-state index in [1.165, 1.54) is 33.4 Å². The van der Waals surface area contributed by atoms with Gasteiger partial charge in [-0.05, 0) is 122 Å². The standard InChI is InChI=1S/C42H40N2/c1-5-33-11-23-39(24-12-33)44(40-25-13-34(6-2)14-26-40)42-29-17-36(18-30-42)35-15-27-41(28-16-35)43(37-19-7-31(3)8-20-37)38-21-9-32(4)10-22-38/h7-30H,5-6H2,1-4H3. The number of hydrogen-bond donors (Lipinski definition) is 0. The fraction of sp³-hybridized carbons (Fsp3) is 0.143. The van der Waals surface area contributed by atoms with Crippen LogP contribution < -0.4 is 9.80 Å². The maximum absolute atomic E-state index is 2.34. The molecular formula is C42H40N2. The van der Waals surface area contributed by atoms with Crippen LogP contribution in [0, 0.1) is 13.8 Å². The summed E-state index contributed by atoms with van der Waals surface area (Å²) in [7, 11) is 0. The summed E-state index contributed by atoms with van der Waals surface area (Å²) in [6, 6.07) is 53.1. The molecule has 44 heavy (non-hydrogen) atoms. The Balaban J connectivity index is 1.31. The summed E-state index contributed by atoms with van der Waals surface area (Å²) in [6.45, 7) is 8.65. The fourth-order valence-electron chi connectivity index (χ4n) is 5.65. The Kier molecular flexibility index (Phi) is 8.61. The summed E-state index contributed by atoms with van der Waals surface area (Å²) in [5, 5.41) is 0. The van der Waals surface area contributed by atoms with Crippen molar-refractivity contribution in [2.75, 3.05) is 9.80 Å². The Hall–Kier alpha value is -5.08. The van der Waals surface area contributed by atoms with Crippen LogP contribution in [0.3, 0.4) is 0 Å². The lowest BCUT2D eigenvalue weighted by Gasteiger charge is -2.26. The first kappa shape index (κ1) is 29.0. The molecule has 0 N–H and O–H groups in total. The molecule has 0 bridgehead atoms. The van der Waals surface area contributed by atoms with Crippen molar-refractivity contribution in [1.29, 1.82) is 0 Å². The second-order valence-electron chi connectivity index (χ2n) is 11.5. The molecule has 0 unspecified atom stereocenters. The third-order valence-corrected chi connectivity index (χ3v) is 8.37. The van der Waals surface area contributed by atoms with Gasteiger partial charge >= 0.3 is 0 Å². The van der Waals surface area contributed by atoms with E-state index in [4.69, 9.17) is 0 Å². The molecule has 0 heterocycles. The summed E-state index contributed by atoms with van der Waals surface area (Å²) in [5.74, 6) is 0. The highest BCUT2D eigenvalue weighted by atomic mass is 15.1. The van der Waals surface area contributed by atoms with E-state index >= 15 is 0 Å². The van der Waals surface area contributed by atoms with Crippen molar-refractivity contribution >= 4 is 34.1 Å². The van der Waals surface area contributed by atoms with Crippen LogP contribution in [0.2, 0.25) is 0 Å². The molecule has 6 rings (SSSR count). The largest absolute Gasteiger partial charge is 0.311 e. The normalized spacial score (nSPS) is 10.9. The van der Waals surface area contributed by atoms with Crippen LogP contribution in [0.25, 0.3) is 11.1 Å². The quantitative estimate of drug-likeness (QED) is 0.170. The molecule has 0 aliphatic rings. The van der Waals surface area contributed by atoms with Crippen molar-refractivity contribution in [1.82, 2.24) is 0 Å². The zero-order valence-electron chi connectivity index (χ0n) is 26.2. The predicted octanol–water partition coefficient (Wildman–Crippen LogP) is 12.0. The van der Waals surface area contributed by atoms with Gasteiger partial charge in [0.2, 0.25) is 0 Å². The minimum atomic E-state index is 1.03. The minimum absolute atomic E-state index is 1.03. The van der Waals surface area contributed by atoms with Crippen LogP contribution in [-0.2, 0) is 12.8 Å². The van der Waals surface area contributed by atoms with Gasteiger partial charge in [0, 0.05) is 34.1 Å². The van der Waals surface area contributed by atoms with E-state index in [1.807, 2.05) is 0 Å². The summed E-state index contributed by atoms with van der Waals surface area (Å²) in [6.07, 6.45) is 2.07. The van der Waals surface area contributed by atoms with Crippen LogP contribution in [-0.4, -0.2) is 0 Å². The monoisotopic (exact) mass is 572 g/mol. The number of hydrogen-bond acceptors (Lipinski definition) is 2. The molecule has 6 aromatic rings. The Morgan fingerprint density at radius 2 is 0.545 bits per heavy atom. The molecule has 6 aromatic carbocycles. The molecule has 218 valence electrons. The maximum Gasteiger partial charge on any atom is 0.0462 e. The molecule has 0 saturated heterocycles. The van der Waals surface area contributed by atoms with E-state index in [2.05, 4.69) is 183 Å². The molecule has 0 saturated carbocycles. The first-order valence-corrected chi connectivity index (χ1v) is 15.6. The summed E-state index contributed by atoms with van der Waals surface area (Å²) < 4.78 is 0. The van der Waals surface area contributed by atoms with Crippen molar-refractivity contribution in [3.8, 4) is 11.1 Å². The summed E-state index contributed by atoms with van der Waals surface area (Å²) in [4.78, 5) is 4.66. The lowest BCUT2D eigenvalue weighted by Crippen LogP contribution is -2.10. The van der Waals surface area contributed by atoms with Crippen LogP contribution >= 0.6 is 0 Å². The van der Waals surface area contributed by atoms with Crippen molar-refractivity contribution < 1.29 is 0 Å². The van der Waals surface area contributed by atoms with Crippen LogP contribution in [0.5, 0.6) is 0 Å². The Bertz CT molecular complexity index is 1690. The topological polar surface area (TPSA) is 6.48 Å².